The fourth-order valence-corrected chi connectivity index (χ4v) is 3.71. The molecule has 1 aromatic rings. The lowest BCUT2D eigenvalue weighted by Crippen LogP contribution is -2.31. The second-order valence-electron chi connectivity index (χ2n) is 5.50. The normalized spacial score (nSPS) is 29.5. The van der Waals surface area contributed by atoms with Crippen LogP contribution >= 0.6 is 11.6 Å². The first-order valence-electron chi connectivity index (χ1n) is 6.61. The van der Waals surface area contributed by atoms with Crippen LogP contribution in [-0.2, 0) is 0 Å². The summed E-state index contributed by atoms with van der Waals surface area (Å²) >= 11 is 5.95. The molecule has 3 atom stereocenters. The van der Waals surface area contributed by atoms with Gasteiger partial charge in [0.2, 0.25) is 0 Å². The SMILES string of the molecule is O=C(NCC1CC2CCC1C2)c1ccncc1Cl. The van der Waals surface area contributed by atoms with Crippen molar-refractivity contribution in [2.75, 3.05) is 6.54 Å². The molecule has 4 heteroatoms. The van der Waals surface area contributed by atoms with E-state index in [0.29, 0.717) is 16.5 Å². The topological polar surface area (TPSA) is 42.0 Å². The summed E-state index contributed by atoms with van der Waals surface area (Å²) in [6.07, 6.45) is 8.50. The smallest absolute Gasteiger partial charge is 0.252 e. The molecule has 3 nitrogen and oxygen atoms in total. The second kappa shape index (κ2) is 4.88. The summed E-state index contributed by atoms with van der Waals surface area (Å²) in [7, 11) is 0. The van der Waals surface area contributed by atoms with Crippen LogP contribution in [0.5, 0.6) is 0 Å². The molecule has 0 spiro atoms. The van der Waals surface area contributed by atoms with Crippen LogP contribution in [0.1, 0.15) is 36.0 Å². The largest absolute Gasteiger partial charge is 0.352 e. The molecule has 2 aliphatic carbocycles. The molecule has 96 valence electrons. The van der Waals surface area contributed by atoms with E-state index in [-0.39, 0.29) is 5.91 Å². The maximum Gasteiger partial charge on any atom is 0.252 e. The summed E-state index contributed by atoms with van der Waals surface area (Å²) in [5.41, 5.74) is 0.523. The zero-order valence-corrected chi connectivity index (χ0v) is 11.0. The Labute approximate surface area is 112 Å². The van der Waals surface area contributed by atoms with Gasteiger partial charge in [-0.3, -0.25) is 9.78 Å². The molecule has 0 aliphatic heterocycles. The summed E-state index contributed by atoms with van der Waals surface area (Å²) < 4.78 is 0. The maximum absolute atomic E-state index is 12.0. The molecular weight excluding hydrogens is 248 g/mol. The third kappa shape index (κ3) is 2.24. The van der Waals surface area contributed by atoms with Crippen LogP contribution in [0.25, 0.3) is 0 Å². The second-order valence-corrected chi connectivity index (χ2v) is 5.91. The van der Waals surface area contributed by atoms with Gasteiger partial charge >= 0.3 is 0 Å². The molecule has 0 saturated heterocycles. The maximum atomic E-state index is 12.0. The van der Waals surface area contributed by atoms with Crippen LogP contribution in [0.4, 0.5) is 0 Å². The third-order valence-electron chi connectivity index (χ3n) is 4.43. The fourth-order valence-electron chi connectivity index (χ4n) is 3.50. The Kier molecular flexibility index (Phi) is 3.25. The average molecular weight is 265 g/mol. The first-order valence-corrected chi connectivity index (χ1v) is 6.99. The molecule has 1 aromatic heterocycles. The predicted octanol–water partition coefficient (Wildman–Crippen LogP) is 2.90. The van der Waals surface area contributed by atoms with Crippen molar-refractivity contribution < 1.29 is 4.79 Å². The fraction of sp³-hybridized carbons (Fsp3) is 0.571. The molecule has 1 N–H and O–H groups in total. The van der Waals surface area contributed by atoms with Crippen molar-refractivity contribution in [1.29, 1.82) is 0 Å². The number of aromatic nitrogens is 1. The van der Waals surface area contributed by atoms with E-state index < -0.39 is 0 Å². The Balaban J connectivity index is 1.57. The van der Waals surface area contributed by atoms with Gasteiger partial charge in [-0.05, 0) is 43.1 Å². The first kappa shape index (κ1) is 12.0. The van der Waals surface area contributed by atoms with Gasteiger partial charge in [0, 0.05) is 18.9 Å². The Morgan fingerprint density at radius 3 is 3.00 bits per heavy atom. The predicted molar refractivity (Wildman–Crippen MR) is 70.5 cm³/mol. The standard InChI is InChI=1S/C14H17ClN2O/c15-13-8-16-4-3-12(13)14(18)17-7-11-6-9-1-2-10(11)5-9/h3-4,8-11H,1-2,5-7H2,(H,17,18). The molecule has 2 aliphatic rings. The number of nitrogens with zero attached hydrogens (tertiary/aromatic N) is 1. The van der Waals surface area contributed by atoms with E-state index in [1.165, 1.54) is 31.9 Å². The Hall–Kier alpha value is -1.09. The highest BCUT2D eigenvalue weighted by atomic mass is 35.5. The summed E-state index contributed by atoms with van der Waals surface area (Å²) in [5.74, 6) is 2.35. The molecule has 1 heterocycles. The number of fused-ring (bicyclic) bond motifs is 2. The van der Waals surface area contributed by atoms with E-state index in [1.54, 1.807) is 12.3 Å². The lowest BCUT2D eigenvalue weighted by molar-refractivity contribution is 0.0942. The van der Waals surface area contributed by atoms with Gasteiger partial charge in [0.25, 0.3) is 5.91 Å². The monoisotopic (exact) mass is 264 g/mol. The Morgan fingerprint density at radius 1 is 1.44 bits per heavy atom. The molecule has 2 fully saturated rings. The minimum Gasteiger partial charge on any atom is -0.352 e. The lowest BCUT2D eigenvalue weighted by atomic mass is 9.89. The number of rotatable bonds is 3. The van der Waals surface area contributed by atoms with Crippen molar-refractivity contribution in [3.05, 3.63) is 29.0 Å². The number of carbonyl (C=O) groups is 1. The number of carbonyl (C=O) groups excluding carboxylic acids is 1. The summed E-state index contributed by atoms with van der Waals surface area (Å²) in [6, 6.07) is 1.67. The number of hydrogen-bond acceptors (Lipinski definition) is 2. The molecular formula is C14H17ClN2O. The minimum absolute atomic E-state index is 0.0785. The molecule has 3 rings (SSSR count). The molecule has 0 aromatic carbocycles. The van der Waals surface area contributed by atoms with Gasteiger partial charge < -0.3 is 5.32 Å². The quantitative estimate of drug-likeness (QED) is 0.912. The van der Waals surface area contributed by atoms with Crippen LogP contribution in [0.2, 0.25) is 5.02 Å². The van der Waals surface area contributed by atoms with Gasteiger partial charge in [0.15, 0.2) is 0 Å². The lowest BCUT2D eigenvalue weighted by Gasteiger charge is -2.21. The average Bonchev–Trinajstić information content (AvgIpc) is 2.98. The summed E-state index contributed by atoms with van der Waals surface area (Å²) in [5, 5.41) is 3.43. The van der Waals surface area contributed by atoms with Crippen molar-refractivity contribution in [3.8, 4) is 0 Å². The highest BCUT2D eigenvalue weighted by Crippen LogP contribution is 2.47. The molecule has 1 amide bonds. The zero-order valence-electron chi connectivity index (χ0n) is 10.2. The van der Waals surface area contributed by atoms with Gasteiger partial charge in [-0.2, -0.15) is 0 Å². The van der Waals surface area contributed by atoms with Gasteiger partial charge in [-0.1, -0.05) is 18.0 Å². The van der Waals surface area contributed by atoms with E-state index in [2.05, 4.69) is 10.3 Å². The number of hydrogen-bond donors (Lipinski definition) is 1. The van der Waals surface area contributed by atoms with Gasteiger partial charge in [-0.15, -0.1) is 0 Å². The van der Waals surface area contributed by atoms with Gasteiger partial charge in [0.1, 0.15) is 0 Å². The van der Waals surface area contributed by atoms with Crippen LogP contribution in [-0.4, -0.2) is 17.4 Å². The van der Waals surface area contributed by atoms with Crippen LogP contribution in [0.3, 0.4) is 0 Å². The van der Waals surface area contributed by atoms with Crippen molar-refractivity contribution in [3.63, 3.8) is 0 Å². The van der Waals surface area contributed by atoms with Crippen molar-refractivity contribution in [2.45, 2.75) is 25.7 Å². The molecule has 18 heavy (non-hydrogen) atoms. The van der Waals surface area contributed by atoms with Crippen molar-refractivity contribution >= 4 is 17.5 Å². The molecule has 2 saturated carbocycles. The summed E-state index contributed by atoms with van der Waals surface area (Å²) in [6.45, 7) is 0.790. The number of pyridine rings is 1. The number of nitrogens with one attached hydrogen (secondary N) is 1. The highest BCUT2D eigenvalue weighted by Gasteiger charge is 2.39. The van der Waals surface area contributed by atoms with E-state index in [9.17, 15) is 4.79 Å². The van der Waals surface area contributed by atoms with E-state index in [0.717, 1.165) is 18.4 Å². The highest BCUT2D eigenvalue weighted by molar-refractivity contribution is 6.33. The van der Waals surface area contributed by atoms with Crippen LogP contribution in [0.15, 0.2) is 18.5 Å². The van der Waals surface area contributed by atoms with Crippen molar-refractivity contribution in [2.24, 2.45) is 17.8 Å². The van der Waals surface area contributed by atoms with Crippen molar-refractivity contribution in [1.82, 2.24) is 10.3 Å². The third-order valence-corrected chi connectivity index (χ3v) is 4.73. The van der Waals surface area contributed by atoms with Gasteiger partial charge in [-0.25, -0.2) is 0 Å². The molecule has 0 radical (unpaired) electrons. The Morgan fingerprint density at radius 2 is 2.33 bits per heavy atom. The van der Waals surface area contributed by atoms with E-state index >= 15 is 0 Å². The van der Waals surface area contributed by atoms with Crippen LogP contribution in [0, 0.1) is 17.8 Å². The minimum atomic E-state index is -0.0785. The Bertz CT molecular complexity index is 463. The first-order chi connectivity index (χ1) is 8.74. The van der Waals surface area contributed by atoms with Crippen LogP contribution < -0.4 is 5.32 Å². The number of halogens is 1. The summed E-state index contributed by atoms with van der Waals surface area (Å²) in [4.78, 5) is 15.9. The molecule has 2 bridgehead atoms. The van der Waals surface area contributed by atoms with E-state index in [1.807, 2.05) is 0 Å². The zero-order chi connectivity index (χ0) is 12.5. The van der Waals surface area contributed by atoms with Gasteiger partial charge in [0.05, 0.1) is 10.6 Å². The number of amides is 1. The van der Waals surface area contributed by atoms with E-state index in [4.69, 9.17) is 11.6 Å². The molecule has 3 unspecified atom stereocenters.